The Hall–Kier alpha value is -2.85. The van der Waals surface area contributed by atoms with Crippen LogP contribution in [0.15, 0.2) is 54.6 Å². The summed E-state index contributed by atoms with van der Waals surface area (Å²) >= 11 is 0. The molecule has 2 aromatic carbocycles. The molecule has 0 saturated heterocycles. The van der Waals surface area contributed by atoms with Gasteiger partial charge in [-0.2, -0.15) is 5.26 Å². The molecule has 6 nitrogen and oxygen atoms in total. The number of carbonyl (C=O) groups is 1. The molecule has 0 spiro atoms. The van der Waals surface area contributed by atoms with Crippen molar-refractivity contribution in [3.63, 3.8) is 0 Å². The standard InChI is InChI=1S/C20H23N3O3S/c1-3-22(16-17-8-5-4-6-9-17)20(24)12-13-23(27(2,25)26)19-11-7-10-18(14-19)15-21/h4-11,14H,3,12-13,16H2,1-2H3. The van der Waals surface area contributed by atoms with Gasteiger partial charge in [0.15, 0.2) is 0 Å². The highest BCUT2D eigenvalue weighted by atomic mass is 32.2. The van der Waals surface area contributed by atoms with Crippen LogP contribution in [0.2, 0.25) is 0 Å². The summed E-state index contributed by atoms with van der Waals surface area (Å²) in [5.74, 6) is -0.119. The summed E-state index contributed by atoms with van der Waals surface area (Å²) < 4.78 is 25.6. The van der Waals surface area contributed by atoms with E-state index in [4.69, 9.17) is 5.26 Å². The van der Waals surface area contributed by atoms with Gasteiger partial charge >= 0.3 is 0 Å². The molecule has 142 valence electrons. The molecule has 0 aromatic heterocycles. The summed E-state index contributed by atoms with van der Waals surface area (Å²) in [5, 5.41) is 9.03. The maximum Gasteiger partial charge on any atom is 0.232 e. The van der Waals surface area contributed by atoms with Gasteiger partial charge < -0.3 is 4.90 Å². The third kappa shape index (κ3) is 5.83. The van der Waals surface area contributed by atoms with E-state index in [-0.39, 0.29) is 18.9 Å². The molecule has 0 bridgehead atoms. The van der Waals surface area contributed by atoms with Crippen LogP contribution in [0.25, 0.3) is 0 Å². The molecule has 1 amide bonds. The second-order valence-corrected chi connectivity index (χ2v) is 8.05. The predicted molar refractivity (Wildman–Crippen MR) is 105 cm³/mol. The summed E-state index contributed by atoms with van der Waals surface area (Å²) in [5.41, 5.74) is 1.77. The summed E-state index contributed by atoms with van der Waals surface area (Å²) in [7, 11) is -3.58. The van der Waals surface area contributed by atoms with Gasteiger partial charge in [-0.1, -0.05) is 36.4 Å². The molecule has 0 heterocycles. The van der Waals surface area contributed by atoms with Crippen molar-refractivity contribution in [3.8, 4) is 6.07 Å². The number of anilines is 1. The number of nitriles is 1. The molecule has 0 unspecified atom stereocenters. The van der Waals surface area contributed by atoms with Crippen LogP contribution in [-0.4, -0.2) is 38.6 Å². The number of hydrogen-bond acceptors (Lipinski definition) is 4. The zero-order valence-electron chi connectivity index (χ0n) is 15.5. The van der Waals surface area contributed by atoms with E-state index in [2.05, 4.69) is 0 Å². The van der Waals surface area contributed by atoms with Gasteiger partial charge in [0.25, 0.3) is 0 Å². The molecule has 0 radical (unpaired) electrons. The highest BCUT2D eigenvalue weighted by Gasteiger charge is 2.21. The van der Waals surface area contributed by atoms with Crippen molar-refractivity contribution in [2.24, 2.45) is 0 Å². The van der Waals surface area contributed by atoms with Crippen LogP contribution in [0.4, 0.5) is 5.69 Å². The lowest BCUT2D eigenvalue weighted by molar-refractivity contribution is -0.131. The van der Waals surface area contributed by atoms with E-state index in [9.17, 15) is 13.2 Å². The van der Waals surface area contributed by atoms with Gasteiger partial charge in [-0.05, 0) is 30.7 Å². The first-order valence-electron chi connectivity index (χ1n) is 8.64. The second kappa shape index (κ2) is 9.19. The Morgan fingerprint density at radius 3 is 2.41 bits per heavy atom. The van der Waals surface area contributed by atoms with Gasteiger partial charge in [0.05, 0.1) is 23.6 Å². The van der Waals surface area contributed by atoms with Crippen LogP contribution in [-0.2, 0) is 21.4 Å². The van der Waals surface area contributed by atoms with Crippen molar-refractivity contribution in [2.75, 3.05) is 23.7 Å². The fourth-order valence-electron chi connectivity index (χ4n) is 2.75. The van der Waals surface area contributed by atoms with Gasteiger partial charge in [-0.15, -0.1) is 0 Å². The van der Waals surface area contributed by atoms with Gasteiger partial charge in [0.2, 0.25) is 15.9 Å². The predicted octanol–water partition coefficient (Wildman–Crippen LogP) is 2.76. The maximum atomic E-state index is 12.6. The van der Waals surface area contributed by atoms with Crippen molar-refractivity contribution in [3.05, 3.63) is 65.7 Å². The molecular formula is C20H23N3O3S. The third-order valence-corrected chi connectivity index (χ3v) is 5.34. The zero-order valence-corrected chi connectivity index (χ0v) is 16.3. The third-order valence-electron chi connectivity index (χ3n) is 4.14. The van der Waals surface area contributed by atoms with Crippen LogP contribution >= 0.6 is 0 Å². The Balaban J connectivity index is 2.11. The minimum atomic E-state index is -3.58. The summed E-state index contributed by atoms with van der Waals surface area (Å²) in [6, 6.07) is 18.0. The SMILES string of the molecule is CCN(Cc1ccccc1)C(=O)CCN(c1cccc(C#N)c1)S(C)(=O)=O. The zero-order chi connectivity index (χ0) is 19.9. The summed E-state index contributed by atoms with van der Waals surface area (Å²) in [6.07, 6.45) is 1.16. The first-order chi connectivity index (χ1) is 12.8. The van der Waals surface area contributed by atoms with E-state index in [0.717, 1.165) is 11.8 Å². The van der Waals surface area contributed by atoms with Crippen molar-refractivity contribution in [1.82, 2.24) is 4.90 Å². The first-order valence-corrected chi connectivity index (χ1v) is 10.5. The Labute approximate surface area is 160 Å². The van der Waals surface area contributed by atoms with Crippen LogP contribution in [0.1, 0.15) is 24.5 Å². The smallest absolute Gasteiger partial charge is 0.232 e. The molecule has 0 aliphatic rings. The quantitative estimate of drug-likeness (QED) is 0.700. The monoisotopic (exact) mass is 385 g/mol. The largest absolute Gasteiger partial charge is 0.339 e. The van der Waals surface area contributed by atoms with E-state index in [1.807, 2.05) is 43.3 Å². The van der Waals surface area contributed by atoms with Crippen molar-refractivity contribution >= 4 is 21.6 Å². The normalized spacial score (nSPS) is 10.9. The molecule has 27 heavy (non-hydrogen) atoms. The van der Waals surface area contributed by atoms with Crippen LogP contribution in [0.3, 0.4) is 0 Å². The van der Waals surface area contributed by atoms with Gasteiger partial charge in [-0.3, -0.25) is 9.10 Å². The minimum Gasteiger partial charge on any atom is -0.339 e. The first kappa shape index (κ1) is 20.5. The van der Waals surface area contributed by atoms with Gasteiger partial charge in [-0.25, -0.2) is 8.42 Å². The number of nitrogens with zero attached hydrogens (tertiary/aromatic N) is 3. The highest BCUT2D eigenvalue weighted by molar-refractivity contribution is 7.92. The molecule has 2 rings (SSSR count). The molecule has 0 aliphatic carbocycles. The van der Waals surface area contributed by atoms with Crippen LogP contribution < -0.4 is 4.31 Å². The lowest BCUT2D eigenvalue weighted by Crippen LogP contribution is -2.36. The van der Waals surface area contributed by atoms with E-state index in [1.54, 1.807) is 23.1 Å². The van der Waals surface area contributed by atoms with Crippen molar-refractivity contribution < 1.29 is 13.2 Å². The highest BCUT2D eigenvalue weighted by Crippen LogP contribution is 2.19. The summed E-state index contributed by atoms with van der Waals surface area (Å²) in [6.45, 7) is 2.94. The van der Waals surface area contributed by atoms with Crippen LogP contribution in [0, 0.1) is 11.3 Å². The lowest BCUT2D eigenvalue weighted by Gasteiger charge is -2.25. The van der Waals surface area contributed by atoms with Crippen LogP contribution in [0.5, 0.6) is 0 Å². The molecule has 0 N–H and O–H groups in total. The van der Waals surface area contributed by atoms with E-state index in [1.165, 1.54) is 10.4 Å². The number of amides is 1. The molecule has 0 saturated carbocycles. The fourth-order valence-corrected chi connectivity index (χ4v) is 3.67. The van der Waals surface area contributed by atoms with Gasteiger partial charge in [0, 0.05) is 26.1 Å². The Morgan fingerprint density at radius 2 is 1.81 bits per heavy atom. The Bertz CT molecular complexity index is 921. The minimum absolute atomic E-state index is 0.0256. The second-order valence-electron chi connectivity index (χ2n) is 6.14. The Kier molecular flexibility index (Phi) is 6.97. The number of carbonyl (C=O) groups excluding carboxylic acids is 1. The number of sulfonamides is 1. The molecule has 7 heteroatoms. The average Bonchev–Trinajstić information content (AvgIpc) is 2.66. The molecular weight excluding hydrogens is 362 g/mol. The van der Waals surface area contributed by atoms with Crippen molar-refractivity contribution in [2.45, 2.75) is 19.9 Å². The van der Waals surface area contributed by atoms with E-state index in [0.29, 0.717) is 24.3 Å². The molecule has 2 aromatic rings. The summed E-state index contributed by atoms with van der Waals surface area (Å²) in [4.78, 5) is 14.3. The number of rotatable bonds is 8. The topological polar surface area (TPSA) is 81.5 Å². The lowest BCUT2D eigenvalue weighted by atomic mass is 10.2. The number of benzene rings is 2. The molecule has 0 fully saturated rings. The fraction of sp³-hybridized carbons (Fsp3) is 0.300. The van der Waals surface area contributed by atoms with Crippen molar-refractivity contribution in [1.29, 1.82) is 5.26 Å². The van der Waals surface area contributed by atoms with E-state index < -0.39 is 10.0 Å². The maximum absolute atomic E-state index is 12.6. The van der Waals surface area contributed by atoms with E-state index >= 15 is 0 Å². The van der Waals surface area contributed by atoms with Gasteiger partial charge in [0.1, 0.15) is 0 Å². The molecule has 0 aliphatic heterocycles. The molecule has 0 atom stereocenters. The average molecular weight is 385 g/mol. The Morgan fingerprint density at radius 1 is 1.11 bits per heavy atom. The number of hydrogen-bond donors (Lipinski definition) is 0.